The van der Waals surface area contributed by atoms with Crippen molar-refractivity contribution in [1.29, 1.82) is 5.26 Å². The fraction of sp³-hybridized carbons (Fsp3) is 0.472. The van der Waals surface area contributed by atoms with Crippen LogP contribution in [-0.4, -0.2) is 100 Å². The Hall–Kier alpha value is -6.23. The molecule has 2 fully saturated rings. The monoisotopic (exact) mass is 1030 g/mol. The first-order chi connectivity index (χ1) is 34.0. The van der Waals surface area contributed by atoms with Crippen molar-refractivity contribution in [2.45, 2.75) is 123 Å². The van der Waals surface area contributed by atoms with Gasteiger partial charge in [-0.05, 0) is 130 Å². The van der Waals surface area contributed by atoms with Crippen molar-refractivity contribution in [1.82, 2.24) is 25.4 Å². The van der Waals surface area contributed by atoms with Gasteiger partial charge in [0, 0.05) is 45.4 Å². The van der Waals surface area contributed by atoms with Crippen LogP contribution in [0.4, 0.5) is 24.5 Å². The molecule has 2 aliphatic heterocycles. The third-order valence-corrected chi connectivity index (χ3v) is 14.4. The Morgan fingerprint density at radius 2 is 1.67 bits per heavy atom. The van der Waals surface area contributed by atoms with E-state index >= 15 is 0 Å². The molecule has 19 heteroatoms. The van der Waals surface area contributed by atoms with Crippen LogP contribution < -0.4 is 20.4 Å². The highest BCUT2D eigenvalue weighted by atomic mass is 32.1. The number of alkyl halides is 3. The predicted molar refractivity (Wildman–Crippen MR) is 275 cm³/mol. The standard InChI is InChI=1S/C53H63F3N8O6S2/c1-34-45(72-33-59-34)37-20-16-36(17-21-37)31-58-47(67)42-14-12-27-62(42)48(68)46(51(2,3)4)60-43(65)32-70-28-10-8-9-26-61(7)44(66)15-11-13-35-18-23-39(24-19-35)64-50(71)63(49(69)52(64,5)6)40-25-22-38(30-57)41(29-40)53(54,55)56/h16-25,29,33,42,46H,8-15,26-28,31-32H2,1-7H3,(H,58,67)(H,60,65)/t42-,46+/m0/s1. The zero-order chi connectivity index (χ0) is 52.5. The Labute approximate surface area is 428 Å². The zero-order valence-corrected chi connectivity index (χ0v) is 43.5. The molecule has 2 N–H and O–H groups in total. The van der Waals surface area contributed by atoms with E-state index < -0.39 is 52.2 Å². The van der Waals surface area contributed by atoms with Gasteiger partial charge >= 0.3 is 6.18 Å². The highest BCUT2D eigenvalue weighted by Gasteiger charge is 2.51. The minimum atomic E-state index is -4.80. The molecule has 72 heavy (non-hydrogen) atoms. The van der Waals surface area contributed by atoms with E-state index in [1.54, 1.807) is 65.1 Å². The topological polar surface area (TPSA) is 168 Å². The fourth-order valence-electron chi connectivity index (χ4n) is 8.91. The van der Waals surface area contributed by atoms with Crippen LogP contribution in [0.25, 0.3) is 10.4 Å². The number of anilines is 2. The fourth-order valence-corrected chi connectivity index (χ4v) is 10.2. The van der Waals surface area contributed by atoms with Gasteiger partial charge in [0.1, 0.15) is 24.2 Å². The van der Waals surface area contributed by atoms with Crippen molar-refractivity contribution in [2.75, 3.05) is 43.2 Å². The summed E-state index contributed by atoms with van der Waals surface area (Å²) in [6.45, 7) is 12.3. The molecule has 5 amide bonds. The average molecular weight is 1030 g/mol. The van der Waals surface area contributed by atoms with Crippen molar-refractivity contribution in [3.63, 3.8) is 0 Å². The minimum absolute atomic E-state index is 0.00628. The maximum absolute atomic E-state index is 14.0. The molecule has 6 rings (SSSR count). The van der Waals surface area contributed by atoms with Crippen molar-refractivity contribution < 1.29 is 41.9 Å². The second-order valence-electron chi connectivity index (χ2n) is 19.8. The summed E-state index contributed by atoms with van der Waals surface area (Å²) in [6.07, 6.45) is 0.146. The van der Waals surface area contributed by atoms with Crippen molar-refractivity contribution in [3.05, 3.63) is 100 Å². The van der Waals surface area contributed by atoms with Crippen LogP contribution in [0.1, 0.15) is 108 Å². The second-order valence-corrected chi connectivity index (χ2v) is 21.1. The largest absolute Gasteiger partial charge is 0.417 e. The van der Waals surface area contributed by atoms with Crippen molar-refractivity contribution >= 4 is 69.6 Å². The van der Waals surface area contributed by atoms with Gasteiger partial charge < -0.3 is 30.1 Å². The number of nitrogens with one attached hydrogen (secondary N) is 2. The van der Waals surface area contributed by atoms with E-state index in [2.05, 4.69) is 15.6 Å². The number of amides is 5. The van der Waals surface area contributed by atoms with Crippen LogP contribution in [0.3, 0.4) is 0 Å². The maximum Gasteiger partial charge on any atom is 0.417 e. The Kier molecular flexibility index (Phi) is 18.0. The lowest BCUT2D eigenvalue weighted by Gasteiger charge is -2.35. The van der Waals surface area contributed by atoms with E-state index in [0.717, 1.165) is 57.1 Å². The minimum Gasteiger partial charge on any atom is -0.372 e. The molecule has 2 aliphatic rings. The van der Waals surface area contributed by atoms with E-state index in [-0.39, 0.29) is 35.1 Å². The van der Waals surface area contributed by atoms with E-state index in [1.807, 2.05) is 69.6 Å². The lowest BCUT2D eigenvalue weighted by atomic mass is 9.85. The number of carbonyl (C=O) groups is 5. The van der Waals surface area contributed by atoms with E-state index in [0.29, 0.717) is 70.5 Å². The Balaban J connectivity index is 0.872. The number of rotatable bonds is 20. The number of hydrogen-bond donors (Lipinski definition) is 2. The van der Waals surface area contributed by atoms with Crippen LogP contribution in [-0.2, 0) is 47.9 Å². The zero-order valence-electron chi connectivity index (χ0n) is 41.9. The van der Waals surface area contributed by atoms with Gasteiger partial charge in [-0.25, -0.2) is 4.98 Å². The molecule has 2 saturated heterocycles. The first-order valence-electron chi connectivity index (χ1n) is 24.1. The van der Waals surface area contributed by atoms with Gasteiger partial charge in [-0.1, -0.05) is 57.2 Å². The number of aromatic nitrogens is 1. The molecule has 0 bridgehead atoms. The number of unbranched alkanes of at least 4 members (excludes halogenated alkanes) is 2. The van der Waals surface area contributed by atoms with E-state index in [1.165, 1.54) is 6.07 Å². The van der Waals surface area contributed by atoms with Crippen molar-refractivity contribution in [2.24, 2.45) is 5.41 Å². The molecule has 0 saturated carbocycles. The maximum atomic E-state index is 14.0. The molecular formula is C53H63F3N8O6S2. The number of nitriles is 1. The van der Waals surface area contributed by atoms with Gasteiger partial charge in [0.15, 0.2) is 5.11 Å². The molecule has 1 aromatic heterocycles. The number of aryl methyl sites for hydroxylation is 2. The summed E-state index contributed by atoms with van der Waals surface area (Å²) >= 11 is 7.23. The molecule has 4 aromatic rings. The summed E-state index contributed by atoms with van der Waals surface area (Å²) in [7, 11) is 1.76. The molecule has 0 aliphatic carbocycles. The lowest BCUT2D eigenvalue weighted by molar-refractivity contribution is -0.144. The van der Waals surface area contributed by atoms with Gasteiger partial charge in [-0.15, -0.1) is 11.3 Å². The van der Waals surface area contributed by atoms with Gasteiger partial charge in [0.2, 0.25) is 23.6 Å². The number of ether oxygens (including phenoxy) is 1. The molecule has 0 radical (unpaired) electrons. The van der Waals surface area contributed by atoms with E-state index in [9.17, 15) is 42.4 Å². The van der Waals surface area contributed by atoms with Gasteiger partial charge in [0.25, 0.3) is 5.91 Å². The quantitative estimate of drug-likeness (QED) is 0.0646. The summed E-state index contributed by atoms with van der Waals surface area (Å²) in [5, 5.41) is 15.1. The van der Waals surface area contributed by atoms with Crippen LogP contribution in [0.2, 0.25) is 0 Å². The summed E-state index contributed by atoms with van der Waals surface area (Å²) in [5.74, 6) is -1.45. The van der Waals surface area contributed by atoms with Gasteiger partial charge in [-0.3, -0.25) is 28.9 Å². The Bertz CT molecular complexity index is 2660. The van der Waals surface area contributed by atoms with Crippen LogP contribution in [0, 0.1) is 23.7 Å². The molecule has 3 aromatic carbocycles. The number of likely N-dealkylation sites (tertiary alicyclic amines) is 1. The molecule has 0 unspecified atom stereocenters. The summed E-state index contributed by atoms with van der Waals surface area (Å²) < 4.78 is 46.9. The smallest absolute Gasteiger partial charge is 0.372 e. The first-order valence-corrected chi connectivity index (χ1v) is 25.4. The highest BCUT2D eigenvalue weighted by Crippen LogP contribution is 2.40. The Morgan fingerprint density at radius 1 is 0.986 bits per heavy atom. The molecule has 14 nitrogen and oxygen atoms in total. The van der Waals surface area contributed by atoms with Gasteiger partial charge in [-0.2, -0.15) is 18.4 Å². The lowest BCUT2D eigenvalue weighted by Crippen LogP contribution is -2.58. The third-order valence-electron chi connectivity index (χ3n) is 13.0. The Morgan fingerprint density at radius 3 is 2.31 bits per heavy atom. The molecule has 0 spiro atoms. The normalized spacial score (nSPS) is 16.2. The summed E-state index contributed by atoms with van der Waals surface area (Å²) in [6, 6.07) is 18.4. The molecule has 2 atom stereocenters. The van der Waals surface area contributed by atoms with Crippen molar-refractivity contribution in [3.8, 4) is 16.5 Å². The number of halogens is 3. The van der Waals surface area contributed by atoms with E-state index in [4.69, 9.17) is 17.0 Å². The average Bonchev–Trinajstić information content (AvgIpc) is 4.05. The number of benzene rings is 3. The third kappa shape index (κ3) is 13.2. The number of carbonyl (C=O) groups excluding carboxylic acids is 5. The summed E-state index contributed by atoms with van der Waals surface area (Å²) in [4.78, 5) is 78.3. The first kappa shape index (κ1) is 55.1. The second kappa shape index (κ2) is 23.5. The van der Waals surface area contributed by atoms with Crippen LogP contribution >= 0.6 is 23.6 Å². The number of thiocarbonyl (C=S) groups is 1. The highest BCUT2D eigenvalue weighted by molar-refractivity contribution is 7.81. The molecule has 384 valence electrons. The number of nitrogens with zero attached hydrogens (tertiary/aromatic N) is 6. The number of hydrogen-bond acceptors (Lipinski definition) is 10. The molecular weight excluding hydrogens is 966 g/mol. The SMILES string of the molecule is Cc1ncsc1-c1ccc(CNC(=O)[C@@H]2CCCN2C(=O)[C@@H](NC(=O)COCCCCCN(C)C(=O)CCCc2ccc(N3C(=S)N(c4ccc(C#N)c(C(F)(F)F)c4)C(=O)C3(C)C)cc2)C(C)(C)C)cc1. The summed E-state index contributed by atoms with van der Waals surface area (Å²) in [5.41, 5.74) is 2.69. The molecule has 3 heterocycles. The van der Waals surface area contributed by atoms with Crippen LogP contribution in [0.15, 0.2) is 72.2 Å². The number of thiazole rings is 1. The van der Waals surface area contributed by atoms with Crippen LogP contribution in [0.5, 0.6) is 0 Å². The predicted octanol–water partition coefficient (Wildman–Crippen LogP) is 8.73. The van der Waals surface area contributed by atoms with Gasteiger partial charge in [0.05, 0.1) is 39.0 Å².